The molecule has 0 aliphatic rings. The van der Waals surface area contributed by atoms with Crippen molar-refractivity contribution in [2.45, 2.75) is 51.9 Å². The predicted octanol–water partition coefficient (Wildman–Crippen LogP) is 3.82. The summed E-state index contributed by atoms with van der Waals surface area (Å²) in [6.45, 7) is 2.62. The molecular formula is C18H25FO4. The van der Waals surface area contributed by atoms with Crippen LogP contribution in [0.4, 0.5) is 4.39 Å². The molecule has 0 aliphatic heterocycles. The summed E-state index contributed by atoms with van der Waals surface area (Å²) < 4.78 is 23.4. The maximum atomic E-state index is 13.4. The Morgan fingerprint density at radius 2 is 1.61 bits per heavy atom. The smallest absolute Gasteiger partial charge is 0.306 e. The molecule has 0 heterocycles. The van der Waals surface area contributed by atoms with E-state index in [0.717, 1.165) is 25.7 Å². The minimum Gasteiger partial charge on any atom is -0.466 e. The molecule has 0 spiro atoms. The lowest BCUT2D eigenvalue weighted by Gasteiger charge is -2.06. The molecule has 0 radical (unpaired) electrons. The molecule has 128 valence electrons. The highest BCUT2D eigenvalue weighted by atomic mass is 19.1. The van der Waals surface area contributed by atoms with Crippen LogP contribution in [-0.2, 0) is 25.5 Å². The highest BCUT2D eigenvalue weighted by Gasteiger charge is 2.09. The molecule has 0 saturated heterocycles. The van der Waals surface area contributed by atoms with E-state index < -0.39 is 5.97 Å². The number of halogens is 1. The first-order valence-corrected chi connectivity index (χ1v) is 8.18. The van der Waals surface area contributed by atoms with Crippen molar-refractivity contribution in [2.75, 3.05) is 13.2 Å². The lowest BCUT2D eigenvalue weighted by molar-refractivity contribution is -0.150. The molecule has 0 saturated carbocycles. The van der Waals surface area contributed by atoms with Gasteiger partial charge in [-0.25, -0.2) is 4.39 Å². The molecule has 23 heavy (non-hydrogen) atoms. The van der Waals surface area contributed by atoms with Crippen molar-refractivity contribution in [3.05, 3.63) is 35.6 Å². The molecule has 1 aromatic rings. The van der Waals surface area contributed by atoms with E-state index in [-0.39, 0.29) is 31.2 Å². The van der Waals surface area contributed by atoms with Crippen LogP contribution in [0.25, 0.3) is 0 Å². The van der Waals surface area contributed by atoms with Crippen LogP contribution in [0.15, 0.2) is 24.3 Å². The van der Waals surface area contributed by atoms with Gasteiger partial charge in [0.2, 0.25) is 0 Å². The van der Waals surface area contributed by atoms with Crippen LogP contribution in [0.5, 0.6) is 0 Å². The molecule has 0 unspecified atom stereocenters. The maximum Gasteiger partial charge on any atom is 0.306 e. The number of carbonyl (C=O) groups excluding carboxylic acids is 2. The Kier molecular flexibility index (Phi) is 9.68. The third kappa shape index (κ3) is 8.96. The Morgan fingerprint density at radius 3 is 2.26 bits per heavy atom. The van der Waals surface area contributed by atoms with Gasteiger partial charge in [0.25, 0.3) is 0 Å². The van der Waals surface area contributed by atoms with Gasteiger partial charge in [0.15, 0.2) is 0 Å². The highest BCUT2D eigenvalue weighted by molar-refractivity contribution is 5.77. The molecule has 5 heteroatoms. The first-order chi connectivity index (χ1) is 11.1. The van der Waals surface area contributed by atoms with E-state index in [2.05, 4.69) is 6.92 Å². The summed E-state index contributed by atoms with van der Waals surface area (Å²) in [5.41, 5.74) is 0.506. The van der Waals surface area contributed by atoms with Gasteiger partial charge in [-0.3, -0.25) is 9.59 Å². The highest BCUT2D eigenvalue weighted by Crippen LogP contribution is 2.07. The molecule has 0 amide bonds. The fraction of sp³-hybridized carbons (Fsp3) is 0.556. The Hall–Kier alpha value is -1.91. The number of carbonyl (C=O) groups is 2. The van der Waals surface area contributed by atoms with Gasteiger partial charge < -0.3 is 9.47 Å². The Bertz CT molecular complexity index is 488. The molecule has 0 N–H and O–H groups in total. The van der Waals surface area contributed by atoms with Gasteiger partial charge in [-0.15, -0.1) is 0 Å². The average molecular weight is 324 g/mol. The lowest BCUT2D eigenvalue weighted by Crippen LogP contribution is -2.12. The van der Waals surface area contributed by atoms with Crippen LogP contribution in [0, 0.1) is 5.82 Å². The number of ether oxygens (including phenoxy) is 2. The molecule has 1 aromatic carbocycles. The zero-order chi connectivity index (χ0) is 16.9. The number of unbranched alkanes of at least 4 members (excludes halogenated alkanes) is 3. The van der Waals surface area contributed by atoms with E-state index in [9.17, 15) is 14.0 Å². The predicted molar refractivity (Wildman–Crippen MR) is 85.4 cm³/mol. The number of esters is 2. The summed E-state index contributed by atoms with van der Waals surface area (Å²) in [4.78, 5) is 23.0. The van der Waals surface area contributed by atoms with Crippen molar-refractivity contribution in [3.8, 4) is 0 Å². The fourth-order valence-electron chi connectivity index (χ4n) is 2.04. The van der Waals surface area contributed by atoms with Crippen molar-refractivity contribution in [1.29, 1.82) is 0 Å². The van der Waals surface area contributed by atoms with Gasteiger partial charge in [0.05, 0.1) is 26.1 Å². The fourth-order valence-corrected chi connectivity index (χ4v) is 2.04. The van der Waals surface area contributed by atoms with E-state index in [4.69, 9.17) is 9.47 Å². The first kappa shape index (κ1) is 19.1. The quantitative estimate of drug-likeness (QED) is 0.459. The summed E-state index contributed by atoms with van der Waals surface area (Å²) in [6.07, 6.45) is 4.49. The Labute approximate surface area is 137 Å². The molecule has 0 bridgehead atoms. The maximum absolute atomic E-state index is 13.4. The molecule has 0 aliphatic carbocycles. The van der Waals surface area contributed by atoms with Crippen LogP contribution in [0.3, 0.4) is 0 Å². The second-order valence-electron chi connectivity index (χ2n) is 5.34. The van der Waals surface area contributed by atoms with Gasteiger partial charge in [-0.1, -0.05) is 44.4 Å². The Balaban J connectivity index is 2.07. The molecule has 0 aromatic heterocycles. The van der Waals surface area contributed by atoms with Crippen LogP contribution in [0.1, 0.15) is 51.0 Å². The SMILES string of the molecule is CCCCCCOC(=O)CCC(=O)OCCc1ccccc1F. The molecular weight excluding hydrogens is 299 g/mol. The van der Waals surface area contributed by atoms with Crippen molar-refractivity contribution in [2.24, 2.45) is 0 Å². The third-order valence-electron chi connectivity index (χ3n) is 3.39. The summed E-state index contributed by atoms with van der Waals surface area (Å²) in [5, 5.41) is 0. The van der Waals surface area contributed by atoms with Crippen LogP contribution in [0.2, 0.25) is 0 Å². The zero-order valence-corrected chi connectivity index (χ0v) is 13.7. The molecule has 4 nitrogen and oxygen atoms in total. The standard InChI is InChI=1S/C18H25FO4/c1-2-3-4-7-13-22-17(20)10-11-18(21)23-14-12-15-8-5-6-9-16(15)19/h5-6,8-9H,2-4,7,10-14H2,1H3. The number of rotatable bonds is 11. The molecule has 0 atom stereocenters. The minimum absolute atomic E-state index is 0.00886. The van der Waals surface area contributed by atoms with Gasteiger partial charge >= 0.3 is 11.9 Å². The minimum atomic E-state index is -0.468. The first-order valence-electron chi connectivity index (χ1n) is 8.18. The zero-order valence-electron chi connectivity index (χ0n) is 13.7. The largest absolute Gasteiger partial charge is 0.466 e. The third-order valence-corrected chi connectivity index (χ3v) is 3.39. The topological polar surface area (TPSA) is 52.6 Å². The molecule has 0 fully saturated rings. The summed E-state index contributed by atoms with van der Waals surface area (Å²) in [5.74, 6) is -1.16. The molecule has 1 rings (SSSR count). The summed E-state index contributed by atoms with van der Waals surface area (Å²) >= 11 is 0. The van der Waals surface area contributed by atoms with E-state index in [1.807, 2.05) is 0 Å². The van der Waals surface area contributed by atoms with E-state index in [1.54, 1.807) is 18.2 Å². The van der Waals surface area contributed by atoms with Crippen molar-refractivity contribution in [1.82, 2.24) is 0 Å². The summed E-state index contributed by atoms with van der Waals surface area (Å²) in [6, 6.07) is 6.36. The van der Waals surface area contributed by atoms with Gasteiger partial charge in [0.1, 0.15) is 5.82 Å². The van der Waals surface area contributed by atoms with E-state index in [1.165, 1.54) is 6.07 Å². The van der Waals surface area contributed by atoms with Crippen LogP contribution >= 0.6 is 0 Å². The van der Waals surface area contributed by atoms with Gasteiger partial charge in [-0.05, 0) is 18.1 Å². The second kappa shape index (κ2) is 11.6. The van der Waals surface area contributed by atoms with Crippen LogP contribution < -0.4 is 0 Å². The van der Waals surface area contributed by atoms with Gasteiger partial charge in [-0.2, -0.15) is 0 Å². The number of benzene rings is 1. The Morgan fingerprint density at radius 1 is 0.957 bits per heavy atom. The number of hydrogen-bond acceptors (Lipinski definition) is 4. The number of hydrogen-bond donors (Lipinski definition) is 0. The van der Waals surface area contributed by atoms with Crippen molar-refractivity contribution < 1.29 is 23.5 Å². The monoisotopic (exact) mass is 324 g/mol. The lowest BCUT2D eigenvalue weighted by atomic mass is 10.1. The van der Waals surface area contributed by atoms with E-state index in [0.29, 0.717) is 18.6 Å². The van der Waals surface area contributed by atoms with E-state index >= 15 is 0 Å². The second-order valence-corrected chi connectivity index (χ2v) is 5.34. The van der Waals surface area contributed by atoms with Crippen molar-refractivity contribution in [3.63, 3.8) is 0 Å². The van der Waals surface area contributed by atoms with Gasteiger partial charge in [0, 0.05) is 6.42 Å². The van der Waals surface area contributed by atoms with Crippen LogP contribution in [-0.4, -0.2) is 25.2 Å². The summed E-state index contributed by atoms with van der Waals surface area (Å²) in [7, 11) is 0. The average Bonchev–Trinajstić information content (AvgIpc) is 2.54. The van der Waals surface area contributed by atoms with Crippen molar-refractivity contribution >= 4 is 11.9 Å². The normalized spacial score (nSPS) is 10.3.